The number of nitrogens with zero attached hydrogens (tertiary/aromatic N) is 2. The van der Waals surface area contributed by atoms with Gasteiger partial charge in [-0.15, -0.1) is 0 Å². The van der Waals surface area contributed by atoms with Gasteiger partial charge in [-0.05, 0) is 13.0 Å². The van der Waals surface area contributed by atoms with E-state index in [1.54, 1.807) is 37.3 Å². The van der Waals surface area contributed by atoms with Crippen molar-refractivity contribution in [2.45, 2.75) is 6.92 Å². The summed E-state index contributed by atoms with van der Waals surface area (Å²) in [6, 6.07) is 9.79. The van der Waals surface area contributed by atoms with E-state index >= 15 is 0 Å². The van der Waals surface area contributed by atoms with Gasteiger partial charge >= 0.3 is 5.97 Å². The minimum absolute atomic E-state index is 0.0157. The Kier molecular flexibility index (Phi) is 5.51. The number of ether oxygens (including phenoxy) is 1. The molecule has 0 fully saturated rings. The molecule has 0 amide bonds. The molecule has 0 aliphatic heterocycles. The van der Waals surface area contributed by atoms with Gasteiger partial charge in [-0.25, -0.2) is 9.78 Å². The van der Waals surface area contributed by atoms with Crippen molar-refractivity contribution in [2.75, 3.05) is 6.61 Å². The highest BCUT2D eigenvalue weighted by atomic mass is 16.6. The molecule has 0 atom stereocenters. The Hall–Kier alpha value is -3.35. The molecule has 0 saturated carbocycles. The van der Waals surface area contributed by atoms with Crippen molar-refractivity contribution >= 4 is 17.4 Å². The Labute approximate surface area is 137 Å². The minimum atomic E-state index is -0.658. The molecule has 122 valence electrons. The van der Waals surface area contributed by atoms with E-state index in [2.05, 4.69) is 9.72 Å². The zero-order valence-electron chi connectivity index (χ0n) is 12.8. The van der Waals surface area contributed by atoms with E-state index in [1.807, 2.05) is 0 Å². The number of carbonyl (C=O) groups excluding carboxylic acids is 2. The number of nitro groups is 1. The lowest BCUT2D eigenvalue weighted by atomic mass is 10.1. The third-order valence-electron chi connectivity index (χ3n) is 3.05. The van der Waals surface area contributed by atoms with Crippen molar-refractivity contribution in [3.05, 3.63) is 70.4 Å². The van der Waals surface area contributed by atoms with Crippen molar-refractivity contribution in [1.29, 1.82) is 0 Å². The van der Waals surface area contributed by atoms with Crippen LogP contribution in [0.25, 0.3) is 11.3 Å². The maximum Gasteiger partial charge on any atom is 0.330 e. The summed E-state index contributed by atoms with van der Waals surface area (Å²) in [5, 5.41) is 11.3. The number of aromatic nitrogens is 1. The molecule has 0 saturated heterocycles. The van der Waals surface area contributed by atoms with Crippen LogP contribution in [-0.4, -0.2) is 28.3 Å². The molecule has 2 rings (SSSR count). The fourth-order valence-corrected chi connectivity index (χ4v) is 1.98. The highest BCUT2D eigenvalue weighted by molar-refractivity contribution is 6.07. The molecule has 1 aromatic heterocycles. The summed E-state index contributed by atoms with van der Waals surface area (Å²) in [7, 11) is 0. The molecule has 1 heterocycles. The van der Waals surface area contributed by atoms with Gasteiger partial charge in [0.15, 0.2) is 5.78 Å². The van der Waals surface area contributed by atoms with Gasteiger partial charge in [-0.2, -0.15) is 0 Å². The summed E-state index contributed by atoms with van der Waals surface area (Å²) in [5.41, 5.74) is 0.482. The van der Waals surface area contributed by atoms with Crippen molar-refractivity contribution in [1.82, 2.24) is 4.98 Å². The molecule has 1 aromatic carbocycles. The zero-order valence-corrected chi connectivity index (χ0v) is 12.8. The fraction of sp³-hybridized carbons (Fsp3) is 0.118. The highest BCUT2D eigenvalue weighted by Gasteiger charge is 2.19. The molecule has 0 bridgehead atoms. The fourth-order valence-electron chi connectivity index (χ4n) is 1.98. The Morgan fingerprint density at radius 2 is 1.96 bits per heavy atom. The third-order valence-corrected chi connectivity index (χ3v) is 3.05. The molecule has 24 heavy (non-hydrogen) atoms. The van der Waals surface area contributed by atoms with Crippen molar-refractivity contribution in [3.63, 3.8) is 0 Å². The van der Waals surface area contributed by atoms with Crippen LogP contribution in [0.4, 0.5) is 5.69 Å². The van der Waals surface area contributed by atoms with Crippen LogP contribution < -0.4 is 0 Å². The van der Waals surface area contributed by atoms with E-state index in [0.29, 0.717) is 5.56 Å². The lowest BCUT2D eigenvalue weighted by Crippen LogP contribution is -2.03. The van der Waals surface area contributed by atoms with Gasteiger partial charge in [0.1, 0.15) is 5.69 Å². The lowest BCUT2D eigenvalue weighted by Gasteiger charge is -2.04. The molecular formula is C17H14N2O5. The topological polar surface area (TPSA) is 99.4 Å². The molecule has 0 aliphatic rings. The molecule has 0 unspecified atom stereocenters. The Morgan fingerprint density at radius 3 is 2.58 bits per heavy atom. The van der Waals surface area contributed by atoms with Gasteiger partial charge in [-0.1, -0.05) is 30.3 Å². The monoisotopic (exact) mass is 326 g/mol. The van der Waals surface area contributed by atoms with Crippen molar-refractivity contribution < 1.29 is 19.2 Å². The van der Waals surface area contributed by atoms with Crippen LogP contribution in [-0.2, 0) is 9.53 Å². The number of allylic oxidation sites excluding steroid dienone is 1. The van der Waals surface area contributed by atoms with Crippen LogP contribution in [0.15, 0.2) is 54.7 Å². The van der Waals surface area contributed by atoms with E-state index in [4.69, 9.17) is 0 Å². The maximum absolute atomic E-state index is 12.0. The predicted octanol–water partition coefficient (Wildman–Crippen LogP) is 2.96. The summed E-state index contributed by atoms with van der Waals surface area (Å²) in [6.07, 6.45) is 3.22. The number of hydrogen-bond donors (Lipinski definition) is 0. The Morgan fingerprint density at radius 1 is 1.25 bits per heavy atom. The number of benzene rings is 1. The third kappa shape index (κ3) is 4.10. The summed E-state index contributed by atoms with van der Waals surface area (Å²) < 4.78 is 4.67. The van der Waals surface area contributed by atoms with Gasteiger partial charge in [0.05, 0.1) is 11.5 Å². The maximum atomic E-state index is 12.0. The first kappa shape index (κ1) is 17.0. The van der Waals surface area contributed by atoms with Gasteiger partial charge in [0.25, 0.3) is 5.69 Å². The van der Waals surface area contributed by atoms with Crippen molar-refractivity contribution in [2.24, 2.45) is 0 Å². The average molecular weight is 326 g/mol. The number of esters is 1. The molecule has 7 nitrogen and oxygen atoms in total. The standard InChI is InChI=1S/C17H14N2O5/c1-2-24-16(21)9-8-15(20)13-10-14(19(22)23)17(18-11-13)12-6-4-3-5-7-12/h3-11H,2H2,1H3/b9-8+. The summed E-state index contributed by atoms with van der Waals surface area (Å²) in [6.45, 7) is 1.83. The summed E-state index contributed by atoms with van der Waals surface area (Å²) in [4.78, 5) is 38.0. The first-order chi connectivity index (χ1) is 11.5. The van der Waals surface area contributed by atoms with Crippen LogP contribution in [0.2, 0.25) is 0 Å². The normalized spacial score (nSPS) is 10.5. The molecule has 0 radical (unpaired) electrons. The second-order valence-electron chi connectivity index (χ2n) is 4.66. The second kappa shape index (κ2) is 7.77. The molecule has 0 spiro atoms. The number of carbonyl (C=O) groups is 2. The van der Waals surface area contributed by atoms with Crippen LogP contribution >= 0.6 is 0 Å². The first-order valence-electron chi connectivity index (χ1n) is 7.12. The lowest BCUT2D eigenvalue weighted by molar-refractivity contribution is -0.384. The quantitative estimate of drug-likeness (QED) is 0.266. The SMILES string of the molecule is CCOC(=O)/C=C/C(=O)c1cnc(-c2ccccc2)c([N+](=O)[O-])c1. The van der Waals surface area contributed by atoms with Gasteiger partial charge in [0, 0.05) is 29.5 Å². The van der Waals surface area contributed by atoms with E-state index < -0.39 is 16.7 Å². The Balaban J connectivity index is 2.34. The Bertz CT molecular complexity index is 800. The van der Waals surface area contributed by atoms with Crippen LogP contribution in [0, 0.1) is 10.1 Å². The van der Waals surface area contributed by atoms with E-state index in [1.165, 1.54) is 6.20 Å². The first-order valence-corrected chi connectivity index (χ1v) is 7.12. The zero-order chi connectivity index (χ0) is 17.5. The minimum Gasteiger partial charge on any atom is -0.463 e. The molecule has 2 aromatic rings. The number of hydrogen-bond acceptors (Lipinski definition) is 6. The average Bonchev–Trinajstić information content (AvgIpc) is 2.60. The smallest absolute Gasteiger partial charge is 0.330 e. The number of rotatable bonds is 6. The number of pyridine rings is 1. The summed E-state index contributed by atoms with van der Waals surface area (Å²) in [5.74, 6) is -1.23. The van der Waals surface area contributed by atoms with Gasteiger partial charge < -0.3 is 4.74 Å². The van der Waals surface area contributed by atoms with Crippen LogP contribution in [0.1, 0.15) is 17.3 Å². The number of ketones is 1. The van der Waals surface area contributed by atoms with E-state index in [9.17, 15) is 19.7 Å². The highest BCUT2D eigenvalue weighted by Crippen LogP contribution is 2.28. The molecule has 0 N–H and O–H groups in total. The molecular weight excluding hydrogens is 312 g/mol. The molecule has 7 heteroatoms. The second-order valence-corrected chi connectivity index (χ2v) is 4.66. The van der Waals surface area contributed by atoms with Crippen LogP contribution in [0.3, 0.4) is 0 Å². The van der Waals surface area contributed by atoms with Crippen molar-refractivity contribution in [3.8, 4) is 11.3 Å². The van der Waals surface area contributed by atoms with Crippen LogP contribution in [0.5, 0.6) is 0 Å². The predicted molar refractivity (Wildman–Crippen MR) is 86.4 cm³/mol. The van der Waals surface area contributed by atoms with Gasteiger partial charge in [-0.3, -0.25) is 14.9 Å². The molecule has 0 aliphatic carbocycles. The van der Waals surface area contributed by atoms with E-state index in [-0.39, 0.29) is 23.6 Å². The van der Waals surface area contributed by atoms with E-state index in [0.717, 1.165) is 18.2 Å². The summed E-state index contributed by atoms with van der Waals surface area (Å²) >= 11 is 0. The largest absolute Gasteiger partial charge is 0.463 e. The van der Waals surface area contributed by atoms with Gasteiger partial charge in [0.2, 0.25) is 0 Å².